The summed E-state index contributed by atoms with van der Waals surface area (Å²) in [5.74, 6) is 0. The molecule has 0 aliphatic heterocycles. The second kappa shape index (κ2) is 9.48. The minimum absolute atomic E-state index is 0.452. The second-order valence-corrected chi connectivity index (χ2v) is 9.61. The van der Waals surface area contributed by atoms with E-state index in [1.54, 1.807) is 24.3 Å². The summed E-state index contributed by atoms with van der Waals surface area (Å²) < 4.78 is 0. The zero-order chi connectivity index (χ0) is 26.9. The first-order valence-electron chi connectivity index (χ1n) is 12.1. The van der Waals surface area contributed by atoms with Gasteiger partial charge in [0, 0.05) is 22.8 Å². The molecule has 8 nitrogen and oxygen atoms in total. The standard InChI is InChI=1S/C30H26N4O4/c1-29(25-11-7-21(15-35)31-25,26-12-8-22(16-36)32-26)19-3-5-20(6-4-19)30(2,27-13-9-23(17-37)33-27)28-14-10-24(18-38)34-28/h3-18,31-34H,1-2H3. The molecule has 0 saturated carbocycles. The Kier molecular flexibility index (Phi) is 6.16. The van der Waals surface area contributed by atoms with Crippen molar-refractivity contribution >= 4 is 25.1 Å². The first-order chi connectivity index (χ1) is 18.4. The molecule has 0 bridgehead atoms. The molecule has 0 saturated heterocycles. The van der Waals surface area contributed by atoms with Crippen molar-refractivity contribution < 1.29 is 19.2 Å². The van der Waals surface area contributed by atoms with E-state index in [2.05, 4.69) is 19.9 Å². The van der Waals surface area contributed by atoms with Crippen LogP contribution in [0.2, 0.25) is 0 Å². The van der Waals surface area contributed by atoms with E-state index < -0.39 is 10.8 Å². The molecule has 0 fully saturated rings. The molecule has 0 aliphatic carbocycles. The van der Waals surface area contributed by atoms with Gasteiger partial charge in [0.25, 0.3) is 0 Å². The molecule has 5 rings (SSSR count). The van der Waals surface area contributed by atoms with Crippen molar-refractivity contribution in [2.75, 3.05) is 0 Å². The summed E-state index contributed by atoms with van der Waals surface area (Å²) in [6.07, 6.45) is 3.05. The van der Waals surface area contributed by atoms with Crippen LogP contribution in [0.4, 0.5) is 0 Å². The fourth-order valence-electron chi connectivity index (χ4n) is 5.14. The van der Waals surface area contributed by atoms with E-state index in [0.29, 0.717) is 22.8 Å². The molecule has 0 radical (unpaired) electrons. The molecular weight excluding hydrogens is 480 g/mol. The van der Waals surface area contributed by atoms with Crippen molar-refractivity contribution in [3.05, 3.63) is 129 Å². The van der Waals surface area contributed by atoms with Crippen molar-refractivity contribution in [3.63, 3.8) is 0 Å². The van der Waals surface area contributed by atoms with Gasteiger partial charge in [-0.3, -0.25) is 19.2 Å². The Morgan fingerprint density at radius 3 is 0.842 bits per heavy atom. The highest BCUT2D eigenvalue weighted by atomic mass is 16.1. The summed E-state index contributed by atoms with van der Waals surface area (Å²) in [7, 11) is 0. The number of aromatic nitrogens is 4. The van der Waals surface area contributed by atoms with Crippen molar-refractivity contribution in [3.8, 4) is 0 Å². The minimum Gasteiger partial charge on any atom is -0.355 e. The SMILES string of the molecule is CC(c1ccc(C(C)(c2ccc(C=O)[nH]2)c2ccc(C=O)[nH]2)cc1)(c1ccc(C=O)[nH]1)c1ccc(C=O)[nH]1. The van der Waals surface area contributed by atoms with Crippen LogP contribution >= 0.6 is 0 Å². The van der Waals surface area contributed by atoms with Crippen LogP contribution in [-0.2, 0) is 10.8 Å². The molecule has 38 heavy (non-hydrogen) atoms. The summed E-state index contributed by atoms with van der Waals surface area (Å²) in [4.78, 5) is 58.4. The van der Waals surface area contributed by atoms with Gasteiger partial charge < -0.3 is 19.9 Å². The third-order valence-electron chi connectivity index (χ3n) is 7.54. The smallest absolute Gasteiger partial charge is 0.166 e. The fourth-order valence-corrected chi connectivity index (χ4v) is 5.14. The maximum Gasteiger partial charge on any atom is 0.166 e. The van der Waals surface area contributed by atoms with Crippen LogP contribution < -0.4 is 0 Å². The lowest BCUT2D eigenvalue weighted by Gasteiger charge is -2.32. The van der Waals surface area contributed by atoms with Crippen LogP contribution in [-0.4, -0.2) is 45.1 Å². The predicted octanol–water partition coefficient (Wildman–Crippen LogP) is 4.96. The Morgan fingerprint density at radius 1 is 0.421 bits per heavy atom. The number of hydrogen-bond donors (Lipinski definition) is 4. The van der Waals surface area contributed by atoms with Gasteiger partial charge in [-0.1, -0.05) is 24.3 Å². The topological polar surface area (TPSA) is 131 Å². The summed E-state index contributed by atoms with van der Waals surface area (Å²) in [5.41, 5.74) is 5.33. The number of hydrogen-bond acceptors (Lipinski definition) is 4. The predicted molar refractivity (Wildman–Crippen MR) is 142 cm³/mol. The fraction of sp³-hybridized carbons (Fsp3) is 0.133. The zero-order valence-electron chi connectivity index (χ0n) is 20.9. The Bertz CT molecular complexity index is 1420. The van der Waals surface area contributed by atoms with Gasteiger partial charge in [0.1, 0.15) is 0 Å². The first-order valence-corrected chi connectivity index (χ1v) is 12.1. The molecular formula is C30H26N4O4. The monoisotopic (exact) mass is 506 g/mol. The maximum atomic E-state index is 11.4. The molecule has 0 amide bonds. The Balaban J connectivity index is 1.65. The van der Waals surface area contributed by atoms with Gasteiger partial charge in [0.05, 0.1) is 33.6 Å². The molecule has 0 unspecified atom stereocenters. The van der Waals surface area contributed by atoms with Crippen LogP contribution in [0.25, 0.3) is 0 Å². The molecule has 4 aromatic heterocycles. The normalized spacial score (nSPS) is 11.8. The Morgan fingerprint density at radius 2 is 0.658 bits per heavy atom. The molecule has 190 valence electrons. The van der Waals surface area contributed by atoms with E-state index in [1.807, 2.05) is 62.4 Å². The Labute approximate surface area is 218 Å². The van der Waals surface area contributed by atoms with Gasteiger partial charge >= 0.3 is 0 Å². The van der Waals surface area contributed by atoms with E-state index in [1.165, 1.54) is 0 Å². The van der Waals surface area contributed by atoms with Crippen LogP contribution in [0, 0.1) is 0 Å². The molecule has 8 heteroatoms. The van der Waals surface area contributed by atoms with Crippen LogP contribution in [0.3, 0.4) is 0 Å². The lowest BCUT2D eigenvalue weighted by Crippen LogP contribution is -2.29. The van der Waals surface area contributed by atoms with Gasteiger partial charge in [-0.25, -0.2) is 0 Å². The number of benzene rings is 1. The minimum atomic E-state index is -0.730. The summed E-state index contributed by atoms with van der Waals surface area (Å²) in [5, 5.41) is 0. The van der Waals surface area contributed by atoms with Gasteiger partial charge in [0.15, 0.2) is 25.1 Å². The van der Waals surface area contributed by atoms with Crippen molar-refractivity contribution in [1.82, 2.24) is 19.9 Å². The number of nitrogens with one attached hydrogen (secondary N) is 4. The third-order valence-corrected chi connectivity index (χ3v) is 7.54. The van der Waals surface area contributed by atoms with Crippen molar-refractivity contribution in [2.24, 2.45) is 0 Å². The number of carbonyl (C=O) groups is 4. The molecule has 4 heterocycles. The van der Waals surface area contributed by atoms with Gasteiger partial charge in [-0.2, -0.15) is 0 Å². The lowest BCUT2D eigenvalue weighted by atomic mass is 9.73. The first kappa shape index (κ1) is 24.7. The quantitative estimate of drug-likeness (QED) is 0.199. The molecule has 1 aromatic carbocycles. The zero-order valence-corrected chi connectivity index (χ0v) is 20.9. The van der Waals surface area contributed by atoms with Crippen molar-refractivity contribution in [2.45, 2.75) is 24.7 Å². The third kappa shape index (κ3) is 3.87. The second-order valence-electron chi connectivity index (χ2n) is 9.61. The summed E-state index contributed by atoms with van der Waals surface area (Å²) in [6.45, 7) is 4.04. The number of aromatic amines is 4. The van der Waals surface area contributed by atoms with E-state index in [4.69, 9.17) is 0 Å². The van der Waals surface area contributed by atoms with Gasteiger partial charge in [-0.05, 0) is 73.5 Å². The van der Waals surface area contributed by atoms with Crippen LogP contribution in [0.15, 0.2) is 72.8 Å². The number of aldehydes is 4. The Hall–Kier alpha value is -4.98. The van der Waals surface area contributed by atoms with E-state index in [9.17, 15) is 19.2 Å². The molecule has 0 atom stereocenters. The van der Waals surface area contributed by atoms with E-state index in [0.717, 1.165) is 59.0 Å². The summed E-state index contributed by atoms with van der Waals surface area (Å²) in [6, 6.07) is 22.4. The highest BCUT2D eigenvalue weighted by Gasteiger charge is 2.37. The maximum absolute atomic E-state index is 11.4. The highest BCUT2D eigenvalue weighted by Crippen LogP contribution is 2.41. The highest BCUT2D eigenvalue weighted by molar-refractivity contribution is 5.75. The molecule has 5 aromatic rings. The molecule has 4 N–H and O–H groups in total. The summed E-state index contributed by atoms with van der Waals surface area (Å²) >= 11 is 0. The van der Waals surface area contributed by atoms with Crippen LogP contribution in [0.5, 0.6) is 0 Å². The average Bonchev–Trinajstić information content (AvgIpc) is 3.78. The average molecular weight is 507 g/mol. The largest absolute Gasteiger partial charge is 0.355 e. The van der Waals surface area contributed by atoms with Crippen LogP contribution in [0.1, 0.15) is 89.7 Å². The molecule has 0 aliphatic rings. The lowest BCUT2D eigenvalue weighted by molar-refractivity contribution is 0.111. The number of carbonyl (C=O) groups excluding carboxylic acids is 4. The van der Waals surface area contributed by atoms with Crippen molar-refractivity contribution in [1.29, 1.82) is 0 Å². The van der Waals surface area contributed by atoms with Gasteiger partial charge in [-0.15, -0.1) is 0 Å². The van der Waals surface area contributed by atoms with E-state index >= 15 is 0 Å². The molecule has 0 spiro atoms. The van der Waals surface area contributed by atoms with E-state index in [-0.39, 0.29) is 0 Å². The number of H-pyrrole nitrogens is 4. The van der Waals surface area contributed by atoms with Gasteiger partial charge in [0.2, 0.25) is 0 Å². The number of rotatable bonds is 10.